The summed E-state index contributed by atoms with van der Waals surface area (Å²) in [6.07, 6.45) is 2.21. The van der Waals surface area contributed by atoms with Crippen LogP contribution in [0.1, 0.15) is 16.7 Å². The molecule has 0 unspecified atom stereocenters. The van der Waals surface area contributed by atoms with Gasteiger partial charge in [0.05, 0.1) is 5.56 Å². The van der Waals surface area contributed by atoms with Crippen molar-refractivity contribution >= 4 is 11.6 Å². The van der Waals surface area contributed by atoms with Gasteiger partial charge in [-0.15, -0.1) is 0 Å². The van der Waals surface area contributed by atoms with E-state index in [1.807, 2.05) is 12.1 Å². The average Bonchev–Trinajstić information content (AvgIpc) is 2.32. The molecule has 0 bridgehead atoms. The van der Waals surface area contributed by atoms with Crippen molar-refractivity contribution in [2.24, 2.45) is 0 Å². The van der Waals surface area contributed by atoms with E-state index in [1.165, 1.54) is 6.07 Å². The van der Waals surface area contributed by atoms with Gasteiger partial charge >= 0.3 is 0 Å². The molecule has 0 fully saturated rings. The van der Waals surface area contributed by atoms with Gasteiger partial charge < -0.3 is 0 Å². The summed E-state index contributed by atoms with van der Waals surface area (Å²) >= 11 is 5.77. The molecular weight excluding hydrogens is 239 g/mol. The summed E-state index contributed by atoms with van der Waals surface area (Å²) < 4.78 is 13.1. The first-order valence-corrected chi connectivity index (χ1v) is 5.36. The number of nitriles is 1. The zero-order chi connectivity index (χ0) is 12.3. The van der Waals surface area contributed by atoms with E-state index in [-0.39, 0.29) is 5.56 Å². The van der Waals surface area contributed by atoms with Crippen LogP contribution in [0.2, 0.25) is 5.15 Å². The number of aromatic nitrogens is 1. The summed E-state index contributed by atoms with van der Waals surface area (Å²) in [6, 6.07) is 9.91. The van der Waals surface area contributed by atoms with Gasteiger partial charge in [0.15, 0.2) is 0 Å². The number of benzene rings is 1. The molecule has 2 nitrogen and oxygen atoms in total. The molecule has 0 aliphatic rings. The van der Waals surface area contributed by atoms with Gasteiger partial charge in [0.25, 0.3) is 0 Å². The van der Waals surface area contributed by atoms with E-state index >= 15 is 0 Å². The first kappa shape index (κ1) is 11.6. The lowest BCUT2D eigenvalue weighted by Gasteiger charge is -2.03. The van der Waals surface area contributed by atoms with Crippen LogP contribution < -0.4 is 0 Å². The van der Waals surface area contributed by atoms with Crippen molar-refractivity contribution in [1.29, 1.82) is 5.26 Å². The second kappa shape index (κ2) is 4.94. The third-order valence-electron chi connectivity index (χ3n) is 2.35. The molecule has 17 heavy (non-hydrogen) atoms. The van der Waals surface area contributed by atoms with E-state index in [2.05, 4.69) is 4.98 Å². The van der Waals surface area contributed by atoms with Gasteiger partial charge in [-0.3, -0.25) is 0 Å². The SMILES string of the molecule is N#Cc1cc(Cc2ccnc(Cl)c2)ccc1F. The maximum absolute atomic E-state index is 13.1. The highest BCUT2D eigenvalue weighted by atomic mass is 35.5. The zero-order valence-corrected chi connectivity index (χ0v) is 9.58. The van der Waals surface area contributed by atoms with Gasteiger partial charge in [-0.25, -0.2) is 9.37 Å². The standard InChI is InChI=1S/C13H8ClFN2/c14-13-7-10(3-4-17-13)5-9-1-2-12(15)11(6-9)8-16/h1-4,6-7H,5H2. The monoisotopic (exact) mass is 246 g/mol. The van der Waals surface area contributed by atoms with Gasteiger partial charge in [-0.05, 0) is 41.8 Å². The van der Waals surface area contributed by atoms with E-state index < -0.39 is 5.82 Å². The van der Waals surface area contributed by atoms with E-state index in [9.17, 15) is 4.39 Å². The number of halogens is 2. The molecule has 0 atom stereocenters. The van der Waals surface area contributed by atoms with Gasteiger partial charge in [0.2, 0.25) is 0 Å². The van der Waals surface area contributed by atoms with Crippen molar-refractivity contribution in [2.45, 2.75) is 6.42 Å². The molecule has 0 saturated carbocycles. The summed E-state index contributed by atoms with van der Waals surface area (Å²) in [6.45, 7) is 0. The Morgan fingerprint density at radius 3 is 2.71 bits per heavy atom. The third kappa shape index (κ3) is 2.80. The summed E-state index contributed by atoms with van der Waals surface area (Å²) in [4.78, 5) is 3.88. The smallest absolute Gasteiger partial charge is 0.140 e. The van der Waals surface area contributed by atoms with Crippen molar-refractivity contribution in [1.82, 2.24) is 4.98 Å². The maximum atomic E-state index is 13.1. The quantitative estimate of drug-likeness (QED) is 0.762. The summed E-state index contributed by atoms with van der Waals surface area (Å²) in [7, 11) is 0. The molecule has 2 aromatic rings. The van der Waals surface area contributed by atoms with Crippen LogP contribution in [0.4, 0.5) is 4.39 Å². The molecule has 0 aliphatic heterocycles. The number of rotatable bonds is 2. The molecule has 0 aliphatic carbocycles. The first-order chi connectivity index (χ1) is 8.19. The molecule has 1 aromatic carbocycles. The normalized spacial score (nSPS) is 9.94. The summed E-state index contributed by atoms with van der Waals surface area (Å²) in [5.41, 5.74) is 1.90. The van der Waals surface area contributed by atoms with Crippen LogP contribution in [-0.4, -0.2) is 4.98 Å². The number of nitrogens with zero attached hydrogens (tertiary/aromatic N) is 2. The van der Waals surface area contributed by atoms with Crippen LogP contribution in [-0.2, 0) is 6.42 Å². The fourth-order valence-electron chi connectivity index (χ4n) is 1.56. The number of hydrogen-bond donors (Lipinski definition) is 0. The van der Waals surface area contributed by atoms with E-state index in [4.69, 9.17) is 16.9 Å². The zero-order valence-electron chi connectivity index (χ0n) is 8.82. The fraction of sp³-hybridized carbons (Fsp3) is 0.0769. The molecule has 84 valence electrons. The van der Waals surface area contributed by atoms with E-state index in [0.717, 1.165) is 11.1 Å². The van der Waals surface area contributed by atoms with Crippen molar-refractivity contribution in [3.63, 3.8) is 0 Å². The third-order valence-corrected chi connectivity index (χ3v) is 2.56. The molecule has 0 N–H and O–H groups in total. The van der Waals surface area contributed by atoms with Crippen LogP contribution in [0.25, 0.3) is 0 Å². The van der Waals surface area contributed by atoms with Crippen molar-refractivity contribution < 1.29 is 4.39 Å². The first-order valence-electron chi connectivity index (χ1n) is 4.98. The highest BCUT2D eigenvalue weighted by molar-refractivity contribution is 6.29. The number of pyridine rings is 1. The topological polar surface area (TPSA) is 36.7 Å². The Balaban J connectivity index is 2.28. The summed E-state index contributed by atoms with van der Waals surface area (Å²) in [5.74, 6) is -0.496. The van der Waals surface area contributed by atoms with Crippen molar-refractivity contribution in [2.75, 3.05) is 0 Å². The Hall–Kier alpha value is -1.92. The van der Waals surface area contributed by atoms with Gasteiger partial charge in [-0.1, -0.05) is 17.7 Å². The minimum absolute atomic E-state index is 0.0580. The van der Waals surface area contributed by atoms with Crippen LogP contribution in [0, 0.1) is 17.1 Å². The lowest BCUT2D eigenvalue weighted by atomic mass is 10.0. The van der Waals surface area contributed by atoms with Crippen LogP contribution >= 0.6 is 11.6 Å². The highest BCUT2D eigenvalue weighted by Gasteiger charge is 2.04. The lowest BCUT2D eigenvalue weighted by molar-refractivity contribution is 0.623. The maximum Gasteiger partial charge on any atom is 0.140 e. The van der Waals surface area contributed by atoms with Crippen molar-refractivity contribution in [3.8, 4) is 6.07 Å². The van der Waals surface area contributed by atoms with Crippen LogP contribution in [0.3, 0.4) is 0 Å². The molecule has 0 radical (unpaired) electrons. The molecule has 1 heterocycles. The molecule has 0 amide bonds. The largest absolute Gasteiger partial charge is 0.245 e. The van der Waals surface area contributed by atoms with Gasteiger partial charge in [0.1, 0.15) is 17.0 Å². The fourth-order valence-corrected chi connectivity index (χ4v) is 1.75. The molecule has 0 spiro atoms. The Bertz CT molecular complexity index is 590. The average molecular weight is 247 g/mol. The van der Waals surface area contributed by atoms with E-state index in [1.54, 1.807) is 24.4 Å². The number of hydrogen-bond acceptors (Lipinski definition) is 2. The second-order valence-corrected chi connectivity index (χ2v) is 3.98. The second-order valence-electron chi connectivity index (χ2n) is 3.59. The molecular formula is C13H8ClFN2. The van der Waals surface area contributed by atoms with Crippen LogP contribution in [0.15, 0.2) is 36.5 Å². The van der Waals surface area contributed by atoms with Gasteiger partial charge in [0, 0.05) is 6.20 Å². The Morgan fingerprint density at radius 2 is 2.00 bits per heavy atom. The Labute approximate surface area is 103 Å². The Morgan fingerprint density at radius 1 is 1.24 bits per heavy atom. The predicted octanol–water partition coefficient (Wildman–Crippen LogP) is 3.34. The van der Waals surface area contributed by atoms with Crippen molar-refractivity contribution in [3.05, 3.63) is 64.2 Å². The summed E-state index contributed by atoms with van der Waals surface area (Å²) in [5, 5.41) is 9.15. The predicted molar refractivity (Wildman–Crippen MR) is 63.2 cm³/mol. The minimum Gasteiger partial charge on any atom is -0.245 e. The molecule has 4 heteroatoms. The molecule has 0 saturated heterocycles. The molecule has 2 rings (SSSR count). The van der Waals surface area contributed by atoms with E-state index in [0.29, 0.717) is 11.6 Å². The van der Waals surface area contributed by atoms with Crippen LogP contribution in [0.5, 0.6) is 0 Å². The lowest BCUT2D eigenvalue weighted by Crippen LogP contribution is -1.92. The highest BCUT2D eigenvalue weighted by Crippen LogP contribution is 2.15. The Kier molecular flexibility index (Phi) is 3.36. The minimum atomic E-state index is -0.496. The molecule has 1 aromatic heterocycles. The van der Waals surface area contributed by atoms with Gasteiger partial charge in [-0.2, -0.15) is 5.26 Å².